The molecule has 4 rings (SSSR count). The average Bonchev–Trinajstić information content (AvgIpc) is 2.64. The molecule has 0 spiro atoms. The van der Waals surface area contributed by atoms with E-state index in [0.29, 0.717) is 40.8 Å². The highest BCUT2D eigenvalue weighted by molar-refractivity contribution is 5.92. The Balaban J connectivity index is 1.49. The quantitative estimate of drug-likeness (QED) is 0.628. The van der Waals surface area contributed by atoms with Gasteiger partial charge in [-0.15, -0.1) is 0 Å². The van der Waals surface area contributed by atoms with Crippen LogP contribution in [0.1, 0.15) is 44.6 Å². The first-order chi connectivity index (χ1) is 13.9. The number of anilines is 1. The molecule has 29 heavy (non-hydrogen) atoms. The molecule has 7 heteroatoms. The van der Waals surface area contributed by atoms with E-state index in [9.17, 15) is 19.2 Å². The van der Waals surface area contributed by atoms with E-state index in [2.05, 4.69) is 5.32 Å². The summed E-state index contributed by atoms with van der Waals surface area (Å²) >= 11 is 0. The maximum absolute atomic E-state index is 12.6. The van der Waals surface area contributed by atoms with Gasteiger partial charge in [-0.2, -0.15) is 0 Å². The molecule has 7 nitrogen and oxygen atoms in total. The molecule has 2 bridgehead atoms. The molecule has 1 amide bonds. The molecule has 1 heterocycles. The van der Waals surface area contributed by atoms with Gasteiger partial charge in [-0.1, -0.05) is 6.42 Å². The highest BCUT2D eigenvalue weighted by Gasteiger charge is 2.41. The molecule has 1 N–H and O–H groups in total. The Morgan fingerprint density at radius 1 is 1.14 bits per heavy atom. The van der Waals surface area contributed by atoms with Crippen LogP contribution in [0.3, 0.4) is 0 Å². The van der Waals surface area contributed by atoms with Crippen LogP contribution in [0.25, 0.3) is 11.0 Å². The monoisotopic (exact) mass is 397 g/mol. The van der Waals surface area contributed by atoms with Crippen LogP contribution in [0.15, 0.2) is 33.5 Å². The van der Waals surface area contributed by atoms with E-state index < -0.39 is 5.63 Å². The molecule has 2 aliphatic rings. The lowest BCUT2D eigenvalue weighted by atomic mass is 9.67. The molecular weight excluding hydrogens is 374 g/mol. The Bertz CT molecular complexity index is 1020. The summed E-state index contributed by atoms with van der Waals surface area (Å²) in [4.78, 5) is 48.0. The Kier molecular flexibility index (Phi) is 5.22. The third-order valence-corrected chi connectivity index (χ3v) is 5.90. The number of amides is 1. The number of fused-ring (bicyclic) bond motifs is 3. The third-order valence-electron chi connectivity index (χ3n) is 5.90. The fourth-order valence-corrected chi connectivity index (χ4v) is 4.57. The first-order valence-corrected chi connectivity index (χ1v) is 9.95. The van der Waals surface area contributed by atoms with E-state index in [1.165, 1.54) is 13.0 Å². The van der Waals surface area contributed by atoms with Gasteiger partial charge in [0.2, 0.25) is 5.91 Å². The minimum Gasteiger partial charge on any atom is -0.461 e. The zero-order valence-electron chi connectivity index (χ0n) is 16.2. The maximum Gasteiger partial charge on any atom is 0.336 e. The van der Waals surface area contributed by atoms with Crippen molar-refractivity contribution in [3.63, 3.8) is 0 Å². The number of rotatable bonds is 4. The predicted molar refractivity (Wildman–Crippen MR) is 105 cm³/mol. The smallest absolute Gasteiger partial charge is 0.336 e. The second-order valence-electron chi connectivity index (χ2n) is 7.99. The van der Waals surface area contributed by atoms with Gasteiger partial charge in [-0.05, 0) is 37.8 Å². The predicted octanol–water partition coefficient (Wildman–Crippen LogP) is 3.19. The number of ether oxygens (including phenoxy) is 1. The lowest BCUT2D eigenvalue weighted by Crippen LogP contribution is -2.39. The van der Waals surface area contributed by atoms with Gasteiger partial charge in [-0.25, -0.2) is 4.79 Å². The van der Waals surface area contributed by atoms with Gasteiger partial charge in [0, 0.05) is 47.5 Å². The molecule has 2 aliphatic carbocycles. The van der Waals surface area contributed by atoms with Crippen LogP contribution in [-0.4, -0.2) is 17.7 Å². The number of hydrogen-bond acceptors (Lipinski definition) is 6. The SMILES string of the molecule is CC(=O)Nc1ccc2c(COC(=O)C3C[C@H]4CCC[C@H](C3)C4=O)cc(=O)oc2c1. The van der Waals surface area contributed by atoms with Crippen molar-refractivity contribution in [1.29, 1.82) is 0 Å². The number of hydrogen-bond donors (Lipinski definition) is 1. The topological polar surface area (TPSA) is 103 Å². The van der Waals surface area contributed by atoms with Crippen LogP contribution < -0.4 is 10.9 Å². The summed E-state index contributed by atoms with van der Waals surface area (Å²) in [7, 11) is 0. The fraction of sp³-hybridized carbons (Fsp3) is 0.455. The van der Waals surface area contributed by atoms with Crippen molar-refractivity contribution in [3.05, 3.63) is 40.2 Å². The first-order valence-electron chi connectivity index (χ1n) is 9.95. The molecule has 2 fully saturated rings. The molecule has 152 valence electrons. The highest BCUT2D eigenvalue weighted by Crippen LogP contribution is 2.40. The minimum atomic E-state index is -0.554. The lowest BCUT2D eigenvalue weighted by molar-refractivity contribution is -0.154. The molecule has 2 atom stereocenters. The van der Waals surface area contributed by atoms with Crippen LogP contribution in [0.5, 0.6) is 0 Å². The van der Waals surface area contributed by atoms with E-state index in [-0.39, 0.29) is 36.2 Å². The Hall–Kier alpha value is -2.96. The van der Waals surface area contributed by atoms with Crippen LogP contribution in [0.4, 0.5) is 5.69 Å². The summed E-state index contributed by atoms with van der Waals surface area (Å²) in [5, 5.41) is 3.28. The molecule has 2 aromatic rings. The lowest BCUT2D eigenvalue weighted by Gasteiger charge is -2.36. The number of ketones is 1. The van der Waals surface area contributed by atoms with Crippen molar-refractivity contribution in [2.75, 3.05) is 5.32 Å². The van der Waals surface area contributed by atoms with Gasteiger partial charge in [0.15, 0.2) is 0 Å². The van der Waals surface area contributed by atoms with Crippen LogP contribution >= 0.6 is 0 Å². The fourth-order valence-electron chi connectivity index (χ4n) is 4.57. The van der Waals surface area contributed by atoms with Crippen molar-refractivity contribution in [3.8, 4) is 0 Å². The molecule has 1 aromatic heterocycles. The number of nitrogens with one attached hydrogen (secondary N) is 1. The normalized spacial score (nSPS) is 23.6. The summed E-state index contributed by atoms with van der Waals surface area (Å²) in [5.41, 5.74) is 0.820. The van der Waals surface area contributed by atoms with Gasteiger partial charge in [0.05, 0.1) is 5.92 Å². The van der Waals surface area contributed by atoms with E-state index in [4.69, 9.17) is 9.15 Å². The molecule has 0 unspecified atom stereocenters. The van der Waals surface area contributed by atoms with Gasteiger partial charge in [0.25, 0.3) is 0 Å². The van der Waals surface area contributed by atoms with E-state index in [1.54, 1.807) is 18.2 Å². The van der Waals surface area contributed by atoms with Gasteiger partial charge in [0.1, 0.15) is 18.0 Å². The number of carbonyl (C=O) groups excluding carboxylic acids is 3. The Labute approximate surface area is 167 Å². The summed E-state index contributed by atoms with van der Waals surface area (Å²) in [5.74, 6) is -0.533. The Morgan fingerprint density at radius 3 is 2.55 bits per heavy atom. The van der Waals surface area contributed by atoms with Crippen molar-refractivity contribution in [1.82, 2.24) is 0 Å². The van der Waals surface area contributed by atoms with E-state index >= 15 is 0 Å². The number of carbonyl (C=O) groups is 3. The average molecular weight is 397 g/mol. The van der Waals surface area contributed by atoms with Crippen LogP contribution in [0, 0.1) is 17.8 Å². The second-order valence-corrected chi connectivity index (χ2v) is 7.99. The van der Waals surface area contributed by atoms with Crippen molar-refractivity contribution in [2.24, 2.45) is 17.8 Å². The van der Waals surface area contributed by atoms with Crippen molar-refractivity contribution >= 4 is 34.3 Å². The van der Waals surface area contributed by atoms with E-state index in [1.807, 2.05) is 0 Å². The maximum atomic E-state index is 12.6. The molecule has 2 saturated carbocycles. The van der Waals surface area contributed by atoms with Gasteiger partial charge in [-0.3, -0.25) is 14.4 Å². The molecular formula is C22H23NO6. The molecule has 0 radical (unpaired) electrons. The summed E-state index contributed by atoms with van der Waals surface area (Å²) in [6, 6.07) is 6.30. The molecule has 0 aliphatic heterocycles. The number of esters is 1. The van der Waals surface area contributed by atoms with Gasteiger partial charge >= 0.3 is 11.6 Å². The van der Waals surface area contributed by atoms with Crippen LogP contribution in [-0.2, 0) is 25.7 Å². The minimum absolute atomic E-state index is 0.0168. The third kappa shape index (κ3) is 4.09. The zero-order chi connectivity index (χ0) is 20.5. The zero-order valence-corrected chi connectivity index (χ0v) is 16.2. The van der Waals surface area contributed by atoms with Crippen molar-refractivity contribution in [2.45, 2.75) is 45.6 Å². The highest BCUT2D eigenvalue weighted by atomic mass is 16.5. The summed E-state index contributed by atoms with van der Waals surface area (Å²) in [6.07, 6.45) is 3.90. The second kappa shape index (κ2) is 7.81. The molecule has 0 saturated heterocycles. The largest absolute Gasteiger partial charge is 0.461 e. The first kappa shape index (κ1) is 19.4. The van der Waals surface area contributed by atoms with Gasteiger partial charge < -0.3 is 14.5 Å². The summed E-state index contributed by atoms with van der Waals surface area (Å²) in [6.45, 7) is 1.35. The van der Waals surface area contributed by atoms with Crippen molar-refractivity contribution < 1.29 is 23.5 Å². The number of Topliss-reactive ketones (excluding diaryl/α,β-unsaturated/α-hetero) is 1. The van der Waals surface area contributed by atoms with E-state index in [0.717, 1.165) is 19.3 Å². The molecule has 1 aromatic carbocycles. The van der Waals surface area contributed by atoms with Crippen LogP contribution in [0.2, 0.25) is 0 Å². The Morgan fingerprint density at radius 2 is 1.86 bits per heavy atom. The summed E-state index contributed by atoms with van der Waals surface area (Å²) < 4.78 is 10.8. The number of benzene rings is 1. The standard InChI is InChI=1S/C22H23NO6/c1-12(24)23-17-5-6-18-16(9-20(25)29-19(18)10-17)11-28-22(27)15-7-13-3-2-4-14(8-15)21(13)26/h5-6,9-10,13-15H,2-4,7-8,11H2,1H3,(H,23,24)/t13-,14-/m1/s1.